The molecule has 1 fully saturated rings. The molecule has 1 aromatic heterocycles. The molecule has 10 heteroatoms. The molecule has 0 saturated carbocycles. The maximum absolute atomic E-state index is 13.5. The Bertz CT molecular complexity index is 967. The second-order valence-corrected chi connectivity index (χ2v) is 9.40. The molecular weight excluding hydrogens is 452 g/mol. The van der Waals surface area contributed by atoms with E-state index in [-0.39, 0.29) is 23.6 Å². The first-order chi connectivity index (χ1) is 16.5. The molecule has 0 radical (unpaired) electrons. The van der Waals surface area contributed by atoms with E-state index >= 15 is 0 Å². The Kier molecular flexibility index (Phi) is 9.52. The van der Waals surface area contributed by atoms with Crippen molar-refractivity contribution in [1.29, 1.82) is 0 Å². The Morgan fingerprint density at radius 2 is 2.00 bits per heavy atom. The fourth-order valence-electron chi connectivity index (χ4n) is 4.01. The van der Waals surface area contributed by atoms with Crippen LogP contribution in [0.1, 0.15) is 52.4 Å². The molecule has 34 heavy (non-hydrogen) atoms. The summed E-state index contributed by atoms with van der Waals surface area (Å²) in [6.45, 7) is 4.79. The van der Waals surface area contributed by atoms with Gasteiger partial charge in [0.2, 0.25) is 17.7 Å². The van der Waals surface area contributed by atoms with Gasteiger partial charge in [-0.1, -0.05) is 48.7 Å². The molecule has 3 atom stereocenters. The van der Waals surface area contributed by atoms with Crippen molar-refractivity contribution >= 4 is 34.3 Å². The maximum atomic E-state index is 13.5. The highest BCUT2D eigenvalue weighted by Gasteiger charge is 2.38. The van der Waals surface area contributed by atoms with Crippen molar-refractivity contribution in [3.8, 4) is 11.3 Å². The number of carbonyl (C=O) groups is 3. The summed E-state index contributed by atoms with van der Waals surface area (Å²) in [5.74, 6) is -0.796. The number of hydrogen-bond donors (Lipinski definition) is 3. The smallest absolute Gasteiger partial charge is 0.247 e. The number of anilines is 1. The SMILES string of the molecule is CC[C@@H](C)C(=O)N[C@@H](CCCCN)C(=O)N1CCC[C@H]1C(=O)Nc1snnc1-c1ccccc1. The molecular formula is C24H34N6O3S. The number of nitrogens with zero attached hydrogens (tertiary/aromatic N) is 3. The molecule has 3 rings (SSSR count). The van der Waals surface area contributed by atoms with Crippen LogP contribution in [0.5, 0.6) is 0 Å². The number of aromatic nitrogens is 2. The second-order valence-electron chi connectivity index (χ2n) is 8.65. The highest BCUT2D eigenvalue weighted by atomic mass is 32.1. The molecule has 1 aliphatic heterocycles. The fourth-order valence-corrected chi connectivity index (χ4v) is 4.60. The van der Waals surface area contributed by atoms with Gasteiger partial charge in [0.15, 0.2) is 0 Å². The predicted molar refractivity (Wildman–Crippen MR) is 133 cm³/mol. The number of carbonyl (C=O) groups excluding carboxylic acids is 3. The van der Waals surface area contributed by atoms with Crippen molar-refractivity contribution in [2.45, 2.75) is 64.5 Å². The lowest BCUT2D eigenvalue weighted by atomic mass is 10.0. The Balaban J connectivity index is 1.72. The predicted octanol–water partition coefficient (Wildman–Crippen LogP) is 2.79. The first-order valence-corrected chi connectivity index (χ1v) is 12.7. The minimum absolute atomic E-state index is 0.142. The van der Waals surface area contributed by atoms with E-state index in [0.717, 1.165) is 36.4 Å². The highest BCUT2D eigenvalue weighted by molar-refractivity contribution is 7.10. The topological polar surface area (TPSA) is 130 Å². The van der Waals surface area contributed by atoms with Crippen LogP contribution in [0.25, 0.3) is 11.3 Å². The second kappa shape index (κ2) is 12.6. The van der Waals surface area contributed by atoms with E-state index in [1.807, 2.05) is 44.2 Å². The van der Waals surface area contributed by atoms with Gasteiger partial charge in [-0.25, -0.2) is 0 Å². The fraction of sp³-hybridized carbons (Fsp3) is 0.542. The van der Waals surface area contributed by atoms with Crippen LogP contribution in [-0.2, 0) is 14.4 Å². The van der Waals surface area contributed by atoms with Crippen LogP contribution in [0, 0.1) is 5.92 Å². The average Bonchev–Trinajstić information content (AvgIpc) is 3.53. The average molecular weight is 487 g/mol. The summed E-state index contributed by atoms with van der Waals surface area (Å²) < 4.78 is 4.00. The molecule has 0 bridgehead atoms. The molecule has 4 N–H and O–H groups in total. The van der Waals surface area contributed by atoms with E-state index in [0.29, 0.717) is 43.0 Å². The van der Waals surface area contributed by atoms with Crippen molar-refractivity contribution in [1.82, 2.24) is 19.8 Å². The minimum Gasteiger partial charge on any atom is -0.344 e. The van der Waals surface area contributed by atoms with Gasteiger partial charge in [0.05, 0.1) is 0 Å². The van der Waals surface area contributed by atoms with Gasteiger partial charge in [-0.2, -0.15) is 0 Å². The third kappa shape index (κ3) is 6.38. The number of nitrogens with two attached hydrogens (primary N) is 1. The van der Waals surface area contributed by atoms with Gasteiger partial charge in [0.25, 0.3) is 0 Å². The van der Waals surface area contributed by atoms with Gasteiger partial charge in [-0.15, -0.1) is 5.10 Å². The zero-order valence-corrected chi connectivity index (χ0v) is 20.6. The Labute approximate surface area is 204 Å². The van der Waals surface area contributed by atoms with Crippen LogP contribution >= 0.6 is 11.5 Å². The molecule has 3 amide bonds. The maximum Gasteiger partial charge on any atom is 0.247 e. The molecule has 2 heterocycles. The minimum atomic E-state index is -0.661. The number of amides is 3. The van der Waals surface area contributed by atoms with Gasteiger partial charge in [-0.3, -0.25) is 14.4 Å². The molecule has 1 saturated heterocycles. The first kappa shape index (κ1) is 25.8. The van der Waals surface area contributed by atoms with Crippen LogP contribution < -0.4 is 16.4 Å². The van der Waals surface area contributed by atoms with Crippen molar-refractivity contribution in [3.05, 3.63) is 30.3 Å². The van der Waals surface area contributed by atoms with E-state index in [2.05, 4.69) is 20.2 Å². The molecule has 1 aliphatic rings. The van der Waals surface area contributed by atoms with Gasteiger partial charge in [0.1, 0.15) is 22.8 Å². The van der Waals surface area contributed by atoms with Crippen LogP contribution in [0.15, 0.2) is 30.3 Å². The van der Waals surface area contributed by atoms with Crippen molar-refractivity contribution in [3.63, 3.8) is 0 Å². The quantitative estimate of drug-likeness (QED) is 0.419. The standard InChI is InChI=1S/C24H34N6O3S/c1-3-16(2)21(31)26-18(12-7-8-14-25)24(33)30-15-9-13-19(30)22(32)27-23-20(28-29-34-23)17-10-5-4-6-11-17/h4-6,10-11,16,18-19H,3,7-9,12-15,25H2,1-2H3,(H,26,31)(H,27,32)/t16-,18+,19+/m1/s1. The van der Waals surface area contributed by atoms with Crippen LogP contribution in [0.4, 0.5) is 5.00 Å². The largest absolute Gasteiger partial charge is 0.344 e. The summed E-state index contributed by atoms with van der Waals surface area (Å²) in [6, 6.07) is 8.26. The van der Waals surface area contributed by atoms with Gasteiger partial charge >= 0.3 is 0 Å². The van der Waals surface area contributed by atoms with Crippen LogP contribution in [0.2, 0.25) is 0 Å². The number of likely N-dealkylation sites (tertiary alicyclic amines) is 1. The summed E-state index contributed by atoms with van der Waals surface area (Å²) in [5, 5.41) is 10.6. The van der Waals surface area contributed by atoms with E-state index in [1.54, 1.807) is 4.90 Å². The van der Waals surface area contributed by atoms with E-state index in [9.17, 15) is 14.4 Å². The zero-order valence-electron chi connectivity index (χ0n) is 19.8. The van der Waals surface area contributed by atoms with Gasteiger partial charge in [-0.05, 0) is 45.1 Å². The van der Waals surface area contributed by atoms with Gasteiger partial charge in [0, 0.05) is 29.6 Å². The number of hydrogen-bond acceptors (Lipinski definition) is 7. The van der Waals surface area contributed by atoms with E-state index < -0.39 is 12.1 Å². The van der Waals surface area contributed by atoms with Crippen molar-refractivity contribution < 1.29 is 14.4 Å². The normalized spacial score (nSPS) is 17.3. The van der Waals surface area contributed by atoms with Crippen LogP contribution in [0.3, 0.4) is 0 Å². The lowest BCUT2D eigenvalue weighted by molar-refractivity contribution is -0.140. The molecule has 2 aromatic rings. The number of nitrogens with one attached hydrogen (secondary N) is 2. The van der Waals surface area contributed by atoms with E-state index in [1.165, 1.54) is 0 Å². The molecule has 1 aromatic carbocycles. The third-order valence-electron chi connectivity index (χ3n) is 6.23. The molecule has 9 nitrogen and oxygen atoms in total. The third-order valence-corrected chi connectivity index (χ3v) is 6.87. The Morgan fingerprint density at radius 3 is 2.71 bits per heavy atom. The first-order valence-electron chi connectivity index (χ1n) is 12.0. The van der Waals surface area contributed by atoms with Gasteiger partial charge < -0.3 is 21.3 Å². The lowest BCUT2D eigenvalue weighted by Gasteiger charge is -2.29. The number of benzene rings is 1. The summed E-state index contributed by atoms with van der Waals surface area (Å²) in [5.41, 5.74) is 7.09. The Hall–Kier alpha value is -2.85. The summed E-state index contributed by atoms with van der Waals surface area (Å²) in [4.78, 5) is 40.8. The number of rotatable bonds is 11. The zero-order chi connectivity index (χ0) is 24.5. The van der Waals surface area contributed by atoms with Crippen molar-refractivity contribution in [2.24, 2.45) is 11.7 Å². The summed E-state index contributed by atoms with van der Waals surface area (Å²) in [7, 11) is 0. The van der Waals surface area contributed by atoms with Crippen molar-refractivity contribution in [2.75, 3.05) is 18.4 Å². The molecule has 0 spiro atoms. The lowest BCUT2D eigenvalue weighted by Crippen LogP contribution is -2.53. The number of unbranched alkanes of at least 4 members (excludes halogenated alkanes) is 1. The molecule has 0 aliphatic carbocycles. The van der Waals surface area contributed by atoms with Crippen LogP contribution in [-0.4, -0.2) is 57.4 Å². The van der Waals surface area contributed by atoms with E-state index in [4.69, 9.17) is 5.73 Å². The summed E-state index contributed by atoms with van der Waals surface area (Å²) >= 11 is 1.11. The molecule has 184 valence electrons. The Morgan fingerprint density at radius 1 is 1.24 bits per heavy atom. The molecule has 0 unspecified atom stereocenters. The monoisotopic (exact) mass is 486 g/mol. The highest BCUT2D eigenvalue weighted by Crippen LogP contribution is 2.30. The summed E-state index contributed by atoms with van der Waals surface area (Å²) in [6.07, 6.45) is 3.99.